The highest BCUT2D eigenvalue weighted by molar-refractivity contribution is 7.13. The first-order valence-corrected chi connectivity index (χ1v) is 9.86. The molecule has 0 saturated heterocycles. The smallest absolute Gasteiger partial charge is 0.132 e. The van der Waals surface area contributed by atoms with E-state index < -0.39 is 0 Å². The number of hydrogen-bond acceptors (Lipinski definition) is 6. The Morgan fingerprint density at radius 3 is 2.89 bits per heavy atom. The minimum Gasteiger partial charge on any atom is -0.497 e. The second-order valence-electron chi connectivity index (χ2n) is 6.58. The first-order valence-electron chi connectivity index (χ1n) is 8.98. The first-order chi connectivity index (χ1) is 13.2. The second-order valence-corrected chi connectivity index (χ2v) is 7.44. The third kappa shape index (κ3) is 3.45. The van der Waals surface area contributed by atoms with Gasteiger partial charge in [0, 0.05) is 29.4 Å². The lowest BCUT2D eigenvalue weighted by Crippen LogP contribution is -2.29. The number of aromatic nitrogens is 1. The van der Waals surface area contributed by atoms with Gasteiger partial charge in [0.05, 0.1) is 32.0 Å². The van der Waals surface area contributed by atoms with Gasteiger partial charge in [-0.15, -0.1) is 11.3 Å². The minimum atomic E-state index is 0.770. The lowest BCUT2D eigenvalue weighted by atomic mass is 10.00. The molecule has 0 bridgehead atoms. The van der Waals surface area contributed by atoms with E-state index in [1.807, 2.05) is 30.3 Å². The molecule has 6 heteroatoms. The summed E-state index contributed by atoms with van der Waals surface area (Å²) in [5.74, 6) is 1.54. The van der Waals surface area contributed by atoms with Crippen LogP contribution in [0.15, 0.2) is 41.8 Å². The summed E-state index contributed by atoms with van der Waals surface area (Å²) in [6.45, 7) is 1.81. The summed E-state index contributed by atoms with van der Waals surface area (Å²) >= 11 is 1.64. The lowest BCUT2D eigenvalue weighted by molar-refractivity contribution is 0.395. The van der Waals surface area contributed by atoms with Gasteiger partial charge in [0.1, 0.15) is 16.5 Å². The van der Waals surface area contributed by atoms with Gasteiger partial charge in [-0.25, -0.2) is 4.98 Å². The highest BCUT2D eigenvalue weighted by Crippen LogP contribution is 2.36. The molecule has 1 aliphatic heterocycles. The number of benzene rings is 2. The van der Waals surface area contributed by atoms with Crippen molar-refractivity contribution in [3.63, 3.8) is 0 Å². The Morgan fingerprint density at radius 2 is 2.07 bits per heavy atom. The molecule has 4 rings (SSSR count). The van der Waals surface area contributed by atoms with Gasteiger partial charge in [-0.2, -0.15) is 0 Å². The van der Waals surface area contributed by atoms with E-state index in [1.165, 1.54) is 11.3 Å². The SMILES string of the molecule is COc1ccc(-c2nc(CN3CCCc4c(N)cccc43)cs2)c(OC)c1. The van der Waals surface area contributed by atoms with Crippen molar-refractivity contribution in [2.45, 2.75) is 19.4 Å². The molecule has 140 valence electrons. The molecular formula is C21H23N3O2S. The standard InChI is InChI=1S/C21H23N3O2S/c1-25-15-8-9-17(20(11-15)26-2)21-23-14(13-27-21)12-24-10-4-5-16-18(22)6-3-7-19(16)24/h3,6-9,11,13H,4-5,10,12,22H2,1-2H3. The van der Waals surface area contributed by atoms with Crippen molar-refractivity contribution >= 4 is 22.7 Å². The van der Waals surface area contributed by atoms with Crippen LogP contribution in [0.3, 0.4) is 0 Å². The normalized spacial score (nSPS) is 13.3. The minimum absolute atomic E-state index is 0.770. The maximum atomic E-state index is 6.17. The molecule has 0 spiro atoms. The number of rotatable bonds is 5. The molecule has 2 aromatic carbocycles. The van der Waals surface area contributed by atoms with Crippen LogP contribution in [-0.4, -0.2) is 25.7 Å². The summed E-state index contributed by atoms with van der Waals surface area (Å²) in [7, 11) is 3.32. The van der Waals surface area contributed by atoms with Crippen molar-refractivity contribution in [1.82, 2.24) is 4.98 Å². The zero-order valence-corrected chi connectivity index (χ0v) is 16.4. The molecule has 2 N–H and O–H groups in total. The fourth-order valence-corrected chi connectivity index (χ4v) is 4.41. The van der Waals surface area contributed by atoms with Gasteiger partial charge in [0.15, 0.2) is 0 Å². The second kappa shape index (κ2) is 7.48. The number of fused-ring (bicyclic) bond motifs is 1. The molecule has 0 saturated carbocycles. The molecule has 1 aromatic heterocycles. The number of methoxy groups -OCH3 is 2. The Hall–Kier alpha value is -2.73. The summed E-state index contributed by atoms with van der Waals surface area (Å²) in [6, 6.07) is 12.0. The van der Waals surface area contributed by atoms with E-state index in [9.17, 15) is 0 Å². The Kier molecular flexibility index (Phi) is 4.90. The molecule has 0 unspecified atom stereocenters. The van der Waals surface area contributed by atoms with Gasteiger partial charge in [-0.3, -0.25) is 0 Å². The Bertz CT molecular complexity index is 954. The van der Waals surface area contributed by atoms with Gasteiger partial charge in [0.2, 0.25) is 0 Å². The predicted molar refractivity (Wildman–Crippen MR) is 111 cm³/mol. The van der Waals surface area contributed by atoms with Gasteiger partial charge in [-0.1, -0.05) is 6.07 Å². The number of thiazole rings is 1. The fourth-order valence-electron chi connectivity index (χ4n) is 3.57. The number of hydrogen-bond donors (Lipinski definition) is 1. The lowest BCUT2D eigenvalue weighted by Gasteiger charge is -2.31. The van der Waals surface area contributed by atoms with Crippen molar-refractivity contribution in [2.75, 3.05) is 31.4 Å². The molecule has 0 aliphatic carbocycles. The first kappa shape index (κ1) is 17.7. The third-order valence-corrected chi connectivity index (χ3v) is 5.85. The number of nitrogens with zero attached hydrogens (tertiary/aromatic N) is 2. The summed E-state index contributed by atoms with van der Waals surface area (Å²) in [5, 5.41) is 3.08. The molecule has 0 radical (unpaired) electrons. The molecule has 27 heavy (non-hydrogen) atoms. The molecule has 0 fully saturated rings. The van der Waals surface area contributed by atoms with Crippen LogP contribution in [0.2, 0.25) is 0 Å². The molecule has 1 aliphatic rings. The van der Waals surface area contributed by atoms with Crippen LogP contribution in [0.1, 0.15) is 17.7 Å². The van der Waals surface area contributed by atoms with Crippen LogP contribution >= 0.6 is 11.3 Å². The van der Waals surface area contributed by atoms with Gasteiger partial charge in [-0.05, 0) is 42.7 Å². The van der Waals surface area contributed by atoms with Crippen molar-refractivity contribution in [2.24, 2.45) is 0 Å². The fraction of sp³-hybridized carbons (Fsp3) is 0.286. The van der Waals surface area contributed by atoms with E-state index >= 15 is 0 Å². The number of ether oxygens (including phenoxy) is 2. The van der Waals surface area contributed by atoms with E-state index in [0.29, 0.717) is 0 Å². The van der Waals surface area contributed by atoms with Crippen molar-refractivity contribution < 1.29 is 9.47 Å². The maximum absolute atomic E-state index is 6.17. The van der Waals surface area contributed by atoms with Crippen molar-refractivity contribution in [1.29, 1.82) is 0 Å². The highest BCUT2D eigenvalue weighted by atomic mass is 32.1. The zero-order valence-electron chi connectivity index (χ0n) is 15.6. The molecule has 0 atom stereocenters. The number of anilines is 2. The van der Waals surface area contributed by atoms with E-state index in [2.05, 4.69) is 16.3 Å². The highest BCUT2D eigenvalue weighted by Gasteiger charge is 2.20. The molecule has 5 nitrogen and oxygen atoms in total. The summed E-state index contributed by atoms with van der Waals surface area (Å²) in [6.07, 6.45) is 2.16. The topological polar surface area (TPSA) is 60.6 Å². The quantitative estimate of drug-likeness (QED) is 0.665. The average Bonchev–Trinajstić information content (AvgIpc) is 3.16. The van der Waals surface area contributed by atoms with Crippen LogP contribution in [-0.2, 0) is 13.0 Å². The largest absolute Gasteiger partial charge is 0.497 e. The average molecular weight is 382 g/mol. The summed E-state index contributed by atoms with van der Waals surface area (Å²) in [5.41, 5.74) is 11.6. The van der Waals surface area contributed by atoms with Crippen LogP contribution in [0.5, 0.6) is 11.5 Å². The number of nitrogens with two attached hydrogens (primary N) is 1. The molecule has 2 heterocycles. The zero-order chi connectivity index (χ0) is 18.8. The van der Waals surface area contributed by atoms with Crippen LogP contribution in [0.4, 0.5) is 11.4 Å². The van der Waals surface area contributed by atoms with Crippen LogP contribution < -0.4 is 20.1 Å². The van der Waals surface area contributed by atoms with Crippen LogP contribution in [0.25, 0.3) is 10.6 Å². The van der Waals surface area contributed by atoms with Crippen molar-refractivity contribution in [3.05, 3.63) is 53.0 Å². The monoisotopic (exact) mass is 381 g/mol. The summed E-state index contributed by atoms with van der Waals surface area (Å²) < 4.78 is 10.8. The molecular weight excluding hydrogens is 358 g/mol. The molecule has 3 aromatic rings. The third-order valence-electron chi connectivity index (χ3n) is 4.93. The maximum Gasteiger partial charge on any atom is 0.132 e. The number of nitrogen functional groups attached to an aromatic ring is 1. The molecule has 0 amide bonds. The van der Waals surface area contributed by atoms with E-state index in [-0.39, 0.29) is 0 Å². The van der Waals surface area contributed by atoms with Gasteiger partial charge >= 0.3 is 0 Å². The Labute approximate surface area is 163 Å². The van der Waals surface area contributed by atoms with Crippen molar-refractivity contribution in [3.8, 4) is 22.1 Å². The van der Waals surface area contributed by atoms with E-state index in [1.54, 1.807) is 25.6 Å². The summed E-state index contributed by atoms with van der Waals surface area (Å²) in [4.78, 5) is 7.23. The van der Waals surface area contributed by atoms with Gasteiger partial charge < -0.3 is 20.1 Å². The predicted octanol–water partition coefficient (Wildman–Crippen LogP) is 4.36. The van der Waals surface area contributed by atoms with Gasteiger partial charge in [0.25, 0.3) is 0 Å². The van der Waals surface area contributed by atoms with E-state index in [0.717, 1.165) is 59.4 Å². The van der Waals surface area contributed by atoms with E-state index in [4.69, 9.17) is 20.2 Å². The Morgan fingerprint density at radius 1 is 1.19 bits per heavy atom. The Balaban J connectivity index is 1.59. The van der Waals surface area contributed by atoms with Crippen LogP contribution in [0, 0.1) is 0 Å².